The minimum absolute atomic E-state index is 0.629. The molecule has 0 spiro atoms. The van der Waals surface area contributed by atoms with Gasteiger partial charge in [0.25, 0.3) is 0 Å². The Morgan fingerprint density at radius 3 is 2.95 bits per heavy atom. The fourth-order valence-corrected chi connectivity index (χ4v) is 2.80. The normalized spacial score (nSPS) is 19.7. The average Bonchev–Trinajstić information content (AvgIpc) is 2.47. The van der Waals surface area contributed by atoms with Crippen molar-refractivity contribution >= 4 is 5.96 Å². The molecule has 1 atom stereocenters. The highest BCUT2D eigenvalue weighted by molar-refractivity contribution is 5.78. The van der Waals surface area contributed by atoms with Crippen molar-refractivity contribution in [2.24, 2.45) is 16.6 Å². The smallest absolute Gasteiger partial charge is 0.191 e. The zero-order chi connectivity index (χ0) is 15.2. The fourth-order valence-electron chi connectivity index (χ4n) is 2.80. The highest BCUT2D eigenvalue weighted by Gasteiger charge is 2.17. The molecule has 1 aliphatic heterocycles. The molecule has 0 aromatic heterocycles. The maximum Gasteiger partial charge on any atom is 0.191 e. The van der Waals surface area contributed by atoms with E-state index in [4.69, 9.17) is 10.5 Å². The molecule has 0 bridgehead atoms. The molecule has 21 heavy (non-hydrogen) atoms. The molecule has 0 amide bonds. The van der Waals surface area contributed by atoms with E-state index in [1.807, 2.05) is 13.0 Å². The Morgan fingerprint density at radius 1 is 1.48 bits per heavy atom. The van der Waals surface area contributed by atoms with Crippen LogP contribution in [0.3, 0.4) is 0 Å². The number of aryl methyl sites for hydroxylation is 1. The third kappa shape index (κ3) is 4.38. The van der Waals surface area contributed by atoms with Gasteiger partial charge in [-0.15, -0.1) is 0 Å². The summed E-state index contributed by atoms with van der Waals surface area (Å²) in [6, 6.07) is 6.21. The Morgan fingerprint density at radius 2 is 2.29 bits per heavy atom. The first-order chi connectivity index (χ1) is 10.1. The summed E-state index contributed by atoms with van der Waals surface area (Å²) in [7, 11) is 0. The van der Waals surface area contributed by atoms with Crippen LogP contribution in [-0.4, -0.2) is 30.6 Å². The third-order valence-corrected chi connectivity index (χ3v) is 3.94. The number of aliphatic imine (C=N–C) groups is 1. The molecule has 1 aromatic carbocycles. The van der Waals surface area contributed by atoms with Crippen molar-refractivity contribution in [3.05, 3.63) is 29.3 Å². The molecule has 1 saturated heterocycles. The number of piperidine rings is 1. The van der Waals surface area contributed by atoms with Gasteiger partial charge in [-0.25, -0.2) is 4.99 Å². The average molecular weight is 289 g/mol. The Balaban J connectivity index is 1.97. The van der Waals surface area contributed by atoms with Gasteiger partial charge in [0.05, 0.1) is 13.2 Å². The van der Waals surface area contributed by atoms with E-state index < -0.39 is 0 Å². The van der Waals surface area contributed by atoms with Crippen LogP contribution >= 0.6 is 0 Å². The van der Waals surface area contributed by atoms with Gasteiger partial charge in [-0.1, -0.05) is 19.1 Å². The summed E-state index contributed by atoms with van der Waals surface area (Å²) < 4.78 is 5.56. The molecular formula is C17H27N3O. The SMILES string of the molecule is CCOc1ccc(CN=C(N)N2CCCC(C)C2)cc1C. The summed E-state index contributed by atoms with van der Waals surface area (Å²) in [5.41, 5.74) is 8.44. The molecular weight excluding hydrogens is 262 g/mol. The van der Waals surface area contributed by atoms with Crippen molar-refractivity contribution in [2.45, 2.75) is 40.2 Å². The molecule has 0 radical (unpaired) electrons. The van der Waals surface area contributed by atoms with Gasteiger partial charge in [-0.05, 0) is 49.8 Å². The van der Waals surface area contributed by atoms with Gasteiger partial charge < -0.3 is 15.4 Å². The maximum atomic E-state index is 6.13. The van der Waals surface area contributed by atoms with Gasteiger partial charge in [0.1, 0.15) is 5.75 Å². The van der Waals surface area contributed by atoms with E-state index >= 15 is 0 Å². The van der Waals surface area contributed by atoms with Crippen molar-refractivity contribution < 1.29 is 4.74 Å². The van der Waals surface area contributed by atoms with E-state index in [1.54, 1.807) is 0 Å². The molecule has 0 aliphatic carbocycles. The number of ether oxygens (including phenoxy) is 1. The zero-order valence-corrected chi connectivity index (χ0v) is 13.4. The highest BCUT2D eigenvalue weighted by atomic mass is 16.5. The molecule has 1 unspecified atom stereocenters. The number of hydrogen-bond donors (Lipinski definition) is 1. The third-order valence-electron chi connectivity index (χ3n) is 3.94. The first-order valence-electron chi connectivity index (χ1n) is 7.87. The summed E-state index contributed by atoms with van der Waals surface area (Å²) in [5, 5.41) is 0. The first kappa shape index (κ1) is 15.7. The molecule has 1 heterocycles. The van der Waals surface area contributed by atoms with Gasteiger partial charge in [0.2, 0.25) is 0 Å². The van der Waals surface area contributed by atoms with Crippen LogP contribution in [0.25, 0.3) is 0 Å². The number of benzene rings is 1. The molecule has 4 nitrogen and oxygen atoms in total. The number of guanidine groups is 1. The summed E-state index contributed by atoms with van der Waals surface area (Å²) in [6.07, 6.45) is 2.50. The van der Waals surface area contributed by atoms with Crippen LogP contribution in [0, 0.1) is 12.8 Å². The Hall–Kier alpha value is -1.71. The number of hydrogen-bond acceptors (Lipinski definition) is 2. The van der Waals surface area contributed by atoms with Crippen molar-refractivity contribution in [1.82, 2.24) is 4.90 Å². The molecule has 116 valence electrons. The minimum Gasteiger partial charge on any atom is -0.494 e. The lowest BCUT2D eigenvalue weighted by atomic mass is 10.0. The second-order valence-corrected chi connectivity index (χ2v) is 5.90. The predicted molar refractivity (Wildman–Crippen MR) is 87.6 cm³/mol. The molecule has 2 rings (SSSR count). The summed E-state index contributed by atoms with van der Waals surface area (Å²) in [6.45, 7) is 9.71. The van der Waals surface area contributed by atoms with Crippen LogP contribution in [0.2, 0.25) is 0 Å². The first-order valence-corrected chi connectivity index (χ1v) is 7.87. The quantitative estimate of drug-likeness (QED) is 0.685. The van der Waals surface area contributed by atoms with E-state index in [1.165, 1.54) is 18.4 Å². The van der Waals surface area contributed by atoms with Crippen LogP contribution in [0.4, 0.5) is 0 Å². The fraction of sp³-hybridized carbons (Fsp3) is 0.588. The van der Waals surface area contributed by atoms with Gasteiger partial charge in [0, 0.05) is 13.1 Å². The monoisotopic (exact) mass is 289 g/mol. The lowest BCUT2D eigenvalue weighted by molar-refractivity contribution is 0.270. The van der Waals surface area contributed by atoms with Crippen LogP contribution in [0.5, 0.6) is 5.75 Å². The van der Waals surface area contributed by atoms with Crippen molar-refractivity contribution in [3.63, 3.8) is 0 Å². The maximum absolute atomic E-state index is 6.13. The number of nitrogens with two attached hydrogens (primary N) is 1. The van der Waals surface area contributed by atoms with Crippen LogP contribution in [0.15, 0.2) is 23.2 Å². The minimum atomic E-state index is 0.629. The molecule has 0 saturated carbocycles. The largest absolute Gasteiger partial charge is 0.494 e. The van der Waals surface area contributed by atoms with Gasteiger partial charge in [0.15, 0.2) is 5.96 Å². The van der Waals surface area contributed by atoms with Crippen molar-refractivity contribution in [2.75, 3.05) is 19.7 Å². The van der Waals surface area contributed by atoms with E-state index in [0.717, 1.165) is 24.4 Å². The standard InChI is InChI=1S/C17H27N3O/c1-4-21-16-8-7-15(10-14(16)3)11-19-17(18)20-9-5-6-13(2)12-20/h7-8,10,13H,4-6,9,11-12H2,1-3H3,(H2,18,19). The highest BCUT2D eigenvalue weighted by Crippen LogP contribution is 2.20. The van der Waals surface area contributed by atoms with Gasteiger partial charge in [-0.2, -0.15) is 0 Å². The Kier molecular flexibility index (Phi) is 5.48. The summed E-state index contributed by atoms with van der Waals surface area (Å²) in [5.74, 6) is 2.33. The van der Waals surface area contributed by atoms with Gasteiger partial charge in [-0.3, -0.25) is 0 Å². The van der Waals surface area contributed by atoms with Crippen molar-refractivity contribution in [1.29, 1.82) is 0 Å². The Bertz CT molecular complexity index is 499. The molecule has 1 aromatic rings. The molecule has 1 fully saturated rings. The van der Waals surface area contributed by atoms with Crippen LogP contribution < -0.4 is 10.5 Å². The summed E-state index contributed by atoms with van der Waals surface area (Å²) >= 11 is 0. The van der Waals surface area contributed by atoms with Crippen molar-refractivity contribution in [3.8, 4) is 5.75 Å². The molecule has 2 N–H and O–H groups in total. The van der Waals surface area contributed by atoms with E-state index in [-0.39, 0.29) is 0 Å². The number of rotatable bonds is 4. The second-order valence-electron chi connectivity index (χ2n) is 5.90. The summed E-state index contributed by atoms with van der Waals surface area (Å²) in [4.78, 5) is 6.75. The topological polar surface area (TPSA) is 50.9 Å². The second kappa shape index (κ2) is 7.34. The molecule has 4 heteroatoms. The lowest BCUT2D eigenvalue weighted by Crippen LogP contribution is -2.43. The number of likely N-dealkylation sites (tertiary alicyclic amines) is 1. The predicted octanol–water partition coefficient (Wildman–Crippen LogP) is 2.94. The zero-order valence-electron chi connectivity index (χ0n) is 13.4. The lowest BCUT2D eigenvalue weighted by Gasteiger charge is -2.31. The van der Waals surface area contributed by atoms with Crippen LogP contribution in [-0.2, 0) is 6.54 Å². The van der Waals surface area contributed by atoms with Crippen LogP contribution in [0.1, 0.15) is 37.8 Å². The van der Waals surface area contributed by atoms with E-state index in [2.05, 4.69) is 35.9 Å². The van der Waals surface area contributed by atoms with Gasteiger partial charge >= 0.3 is 0 Å². The number of nitrogens with zero attached hydrogens (tertiary/aromatic N) is 2. The van der Waals surface area contributed by atoms with E-state index in [0.29, 0.717) is 25.0 Å². The van der Waals surface area contributed by atoms with E-state index in [9.17, 15) is 0 Å². The molecule has 1 aliphatic rings. The Labute approximate surface area is 128 Å².